The van der Waals surface area contributed by atoms with Crippen molar-refractivity contribution in [3.05, 3.63) is 0 Å². The fraction of sp³-hybridized carbons (Fsp3) is 0.944. The van der Waals surface area contributed by atoms with Crippen molar-refractivity contribution >= 4 is 5.91 Å². The Balaban J connectivity index is 1.42. The predicted octanol–water partition coefficient (Wildman–Crippen LogP) is 2.53. The molecule has 22 heavy (non-hydrogen) atoms. The van der Waals surface area contributed by atoms with Crippen molar-refractivity contribution in [2.45, 2.75) is 51.4 Å². The number of nitrogens with zero attached hydrogens (tertiary/aromatic N) is 2. The molecule has 1 amide bonds. The van der Waals surface area contributed by atoms with Crippen molar-refractivity contribution in [3.8, 4) is 0 Å². The molecule has 0 aromatic rings. The third-order valence-electron chi connectivity index (χ3n) is 6.14. The van der Waals surface area contributed by atoms with Crippen LogP contribution in [0.3, 0.4) is 0 Å². The van der Waals surface area contributed by atoms with E-state index in [9.17, 15) is 4.79 Å². The van der Waals surface area contributed by atoms with Gasteiger partial charge in [0.15, 0.2) is 0 Å². The van der Waals surface area contributed by atoms with Gasteiger partial charge in [-0.2, -0.15) is 0 Å². The molecule has 3 aliphatic rings. The van der Waals surface area contributed by atoms with Crippen LogP contribution in [0.25, 0.3) is 0 Å². The van der Waals surface area contributed by atoms with Gasteiger partial charge in [0.2, 0.25) is 5.91 Å². The van der Waals surface area contributed by atoms with Gasteiger partial charge in [0.05, 0.1) is 12.0 Å². The van der Waals surface area contributed by atoms with Crippen molar-refractivity contribution in [1.82, 2.24) is 9.80 Å². The molecule has 3 fully saturated rings. The Morgan fingerprint density at radius 3 is 2.32 bits per heavy atom. The molecule has 0 N–H and O–H groups in total. The van der Waals surface area contributed by atoms with Crippen LogP contribution in [0.1, 0.15) is 51.4 Å². The summed E-state index contributed by atoms with van der Waals surface area (Å²) >= 11 is 0. The Morgan fingerprint density at radius 1 is 1.09 bits per heavy atom. The van der Waals surface area contributed by atoms with Crippen molar-refractivity contribution in [3.63, 3.8) is 0 Å². The summed E-state index contributed by atoms with van der Waals surface area (Å²) in [6, 6.07) is 0. The van der Waals surface area contributed by atoms with Crippen LogP contribution in [0.15, 0.2) is 0 Å². The number of hydrogen-bond acceptors (Lipinski definition) is 3. The molecule has 1 aliphatic carbocycles. The lowest BCUT2D eigenvalue weighted by Gasteiger charge is -2.44. The normalized spacial score (nSPS) is 26.1. The largest absolute Gasteiger partial charge is 0.384 e. The van der Waals surface area contributed by atoms with Crippen LogP contribution in [-0.2, 0) is 9.53 Å². The second-order valence-electron chi connectivity index (χ2n) is 7.64. The molecule has 3 rings (SSSR count). The molecule has 2 saturated heterocycles. The molecule has 2 heterocycles. The number of rotatable bonds is 6. The lowest BCUT2D eigenvalue weighted by atomic mass is 9.68. The number of hydrogen-bond donors (Lipinski definition) is 0. The summed E-state index contributed by atoms with van der Waals surface area (Å²) in [7, 11) is 1.72. The lowest BCUT2D eigenvalue weighted by molar-refractivity contribution is -0.153. The molecule has 0 bridgehead atoms. The second kappa shape index (κ2) is 7.31. The molecule has 0 atom stereocenters. The summed E-state index contributed by atoms with van der Waals surface area (Å²) in [5, 5.41) is 0. The Bertz CT molecular complexity index is 367. The Hall–Kier alpha value is -0.610. The van der Waals surface area contributed by atoms with Gasteiger partial charge in [0.25, 0.3) is 0 Å². The zero-order chi connectivity index (χ0) is 15.4. The van der Waals surface area contributed by atoms with E-state index in [1.165, 1.54) is 58.2 Å². The summed E-state index contributed by atoms with van der Waals surface area (Å²) < 4.78 is 5.32. The molecule has 0 aromatic carbocycles. The number of piperidine rings is 1. The lowest BCUT2D eigenvalue weighted by Crippen LogP contribution is -2.52. The van der Waals surface area contributed by atoms with Gasteiger partial charge in [-0.15, -0.1) is 0 Å². The first kappa shape index (κ1) is 16.3. The van der Waals surface area contributed by atoms with Gasteiger partial charge in [-0.1, -0.05) is 6.42 Å². The molecule has 2 aliphatic heterocycles. The highest BCUT2D eigenvalue weighted by Crippen LogP contribution is 2.43. The van der Waals surface area contributed by atoms with Gasteiger partial charge < -0.3 is 14.5 Å². The maximum absolute atomic E-state index is 12.8. The van der Waals surface area contributed by atoms with Crippen LogP contribution in [0.2, 0.25) is 0 Å². The molecular formula is C18H32N2O2. The number of amides is 1. The molecule has 0 radical (unpaired) electrons. The van der Waals surface area contributed by atoms with Gasteiger partial charge in [-0.05, 0) is 70.5 Å². The van der Waals surface area contributed by atoms with E-state index in [1.54, 1.807) is 7.11 Å². The maximum Gasteiger partial charge on any atom is 0.231 e. The minimum absolute atomic E-state index is 0.170. The number of methoxy groups -OCH3 is 1. The molecule has 1 saturated carbocycles. The number of ether oxygens (including phenoxy) is 1. The minimum Gasteiger partial charge on any atom is -0.384 e. The van der Waals surface area contributed by atoms with Crippen LogP contribution in [-0.4, -0.2) is 62.1 Å². The van der Waals surface area contributed by atoms with E-state index in [-0.39, 0.29) is 5.41 Å². The highest BCUT2D eigenvalue weighted by atomic mass is 16.5. The zero-order valence-electron chi connectivity index (χ0n) is 14.2. The smallest absolute Gasteiger partial charge is 0.231 e. The first-order valence-corrected chi connectivity index (χ1v) is 9.24. The number of carbonyl (C=O) groups is 1. The summed E-state index contributed by atoms with van der Waals surface area (Å²) in [6.45, 7) is 6.42. The predicted molar refractivity (Wildman–Crippen MR) is 87.8 cm³/mol. The van der Waals surface area contributed by atoms with Crippen LogP contribution in [0.5, 0.6) is 0 Å². The zero-order valence-corrected chi connectivity index (χ0v) is 14.2. The Kier molecular flexibility index (Phi) is 5.40. The monoisotopic (exact) mass is 308 g/mol. The third-order valence-corrected chi connectivity index (χ3v) is 6.14. The van der Waals surface area contributed by atoms with E-state index in [0.29, 0.717) is 12.5 Å². The molecule has 0 spiro atoms. The van der Waals surface area contributed by atoms with E-state index >= 15 is 0 Å². The Morgan fingerprint density at radius 2 is 1.77 bits per heavy atom. The van der Waals surface area contributed by atoms with Crippen molar-refractivity contribution in [2.24, 2.45) is 11.3 Å². The quantitative estimate of drug-likeness (QED) is 0.756. The fourth-order valence-electron chi connectivity index (χ4n) is 4.43. The highest BCUT2D eigenvalue weighted by molar-refractivity contribution is 5.84. The maximum atomic E-state index is 12.8. The summed E-state index contributed by atoms with van der Waals surface area (Å²) in [5.41, 5.74) is -0.170. The van der Waals surface area contributed by atoms with Crippen LogP contribution >= 0.6 is 0 Å². The van der Waals surface area contributed by atoms with Gasteiger partial charge in [0.1, 0.15) is 0 Å². The van der Waals surface area contributed by atoms with Gasteiger partial charge in [0, 0.05) is 20.2 Å². The topological polar surface area (TPSA) is 32.8 Å². The van der Waals surface area contributed by atoms with Crippen molar-refractivity contribution in [1.29, 1.82) is 0 Å². The van der Waals surface area contributed by atoms with Gasteiger partial charge >= 0.3 is 0 Å². The van der Waals surface area contributed by atoms with Crippen LogP contribution in [0, 0.1) is 11.3 Å². The van der Waals surface area contributed by atoms with E-state index in [4.69, 9.17) is 4.74 Å². The molecule has 0 unspecified atom stereocenters. The molecule has 0 aromatic heterocycles. The van der Waals surface area contributed by atoms with Gasteiger partial charge in [-0.3, -0.25) is 4.79 Å². The molecule has 4 heteroatoms. The third kappa shape index (κ3) is 3.48. The first-order valence-electron chi connectivity index (χ1n) is 9.24. The summed E-state index contributed by atoms with van der Waals surface area (Å²) in [4.78, 5) is 17.5. The van der Waals surface area contributed by atoms with Gasteiger partial charge in [-0.25, -0.2) is 0 Å². The second-order valence-corrected chi connectivity index (χ2v) is 7.64. The van der Waals surface area contributed by atoms with Crippen LogP contribution < -0.4 is 0 Å². The minimum atomic E-state index is -0.170. The summed E-state index contributed by atoms with van der Waals surface area (Å²) in [5.74, 6) is 1.20. The summed E-state index contributed by atoms with van der Waals surface area (Å²) in [6.07, 6.45) is 9.71. The number of carbonyl (C=O) groups excluding carboxylic acids is 1. The number of likely N-dealkylation sites (tertiary alicyclic amines) is 2. The van der Waals surface area contributed by atoms with Crippen molar-refractivity contribution in [2.75, 3.05) is 46.4 Å². The van der Waals surface area contributed by atoms with Crippen LogP contribution in [0.4, 0.5) is 0 Å². The molecule has 4 nitrogen and oxygen atoms in total. The average molecular weight is 308 g/mol. The fourth-order valence-corrected chi connectivity index (χ4v) is 4.43. The first-order chi connectivity index (χ1) is 10.7. The van der Waals surface area contributed by atoms with E-state index in [1.807, 2.05) is 0 Å². The highest BCUT2D eigenvalue weighted by Gasteiger charge is 2.46. The molecule has 126 valence electrons. The Labute approximate surface area is 135 Å². The van der Waals surface area contributed by atoms with E-state index < -0.39 is 0 Å². The van der Waals surface area contributed by atoms with E-state index in [2.05, 4.69) is 9.80 Å². The SMILES string of the molecule is COCC1(C(=O)N2CCC(CCN3CCCC3)CC2)CCC1. The average Bonchev–Trinajstić information content (AvgIpc) is 3.02. The molecular weight excluding hydrogens is 276 g/mol. The van der Waals surface area contributed by atoms with E-state index in [0.717, 1.165) is 31.8 Å². The van der Waals surface area contributed by atoms with Crippen molar-refractivity contribution < 1.29 is 9.53 Å². The standard InChI is InChI=1S/C18H32N2O2/c1-22-15-18(8-4-9-18)17(21)20-13-6-16(7-14-20)5-12-19-10-2-3-11-19/h16H,2-15H2,1H3.